The van der Waals surface area contributed by atoms with Gasteiger partial charge in [-0.25, -0.2) is 4.39 Å². The molecule has 0 fully saturated rings. The molecule has 0 aliphatic carbocycles. The van der Waals surface area contributed by atoms with Gasteiger partial charge in [0.15, 0.2) is 0 Å². The number of ether oxygens (including phenoxy) is 1. The zero-order valence-electron chi connectivity index (χ0n) is 12.0. The summed E-state index contributed by atoms with van der Waals surface area (Å²) in [5.41, 5.74) is 5.37. The van der Waals surface area contributed by atoms with E-state index in [9.17, 15) is 17.6 Å². The molecule has 2 N–H and O–H groups in total. The monoisotopic (exact) mass is 326 g/mol. The number of nitrogens with zero attached hydrogens (tertiary/aromatic N) is 1. The number of hydrogen-bond acceptors (Lipinski definition) is 3. The average Bonchev–Trinajstić information content (AvgIpc) is 2.48. The van der Waals surface area contributed by atoms with Crippen molar-refractivity contribution < 1.29 is 22.3 Å². The largest absolute Gasteiger partial charge is 0.489 e. The van der Waals surface area contributed by atoms with Gasteiger partial charge in [0.25, 0.3) is 0 Å². The molecule has 2 aromatic rings. The first-order valence-electron chi connectivity index (χ1n) is 6.97. The molecule has 2 aromatic carbocycles. The Labute approximate surface area is 130 Å². The van der Waals surface area contributed by atoms with Crippen LogP contribution in [-0.4, -0.2) is 13.2 Å². The topological polar surface area (TPSA) is 38.5 Å². The van der Waals surface area contributed by atoms with Gasteiger partial charge < -0.3 is 15.4 Å². The fourth-order valence-electron chi connectivity index (χ4n) is 2.55. The van der Waals surface area contributed by atoms with Gasteiger partial charge in [0.1, 0.15) is 18.2 Å². The standard InChI is InChI=1S/C16H14F4N2O/c17-11-3-1-10(2-4-11)9-22-5-6-23-15-8-13(21)12(7-14(15)22)16(18,19)20/h1-4,7-8H,5-6,9,21H2. The predicted molar refractivity (Wildman–Crippen MR) is 78.8 cm³/mol. The van der Waals surface area contributed by atoms with Crippen molar-refractivity contribution in [1.29, 1.82) is 0 Å². The molecule has 0 atom stereocenters. The van der Waals surface area contributed by atoms with Gasteiger partial charge >= 0.3 is 6.18 Å². The highest BCUT2D eigenvalue weighted by atomic mass is 19.4. The third kappa shape index (κ3) is 3.18. The van der Waals surface area contributed by atoms with Crippen LogP contribution >= 0.6 is 0 Å². The number of benzene rings is 2. The number of alkyl halides is 3. The average molecular weight is 326 g/mol. The summed E-state index contributed by atoms with van der Waals surface area (Å²) in [5.74, 6) is -0.0351. The van der Waals surface area contributed by atoms with Crippen molar-refractivity contribution in [2.75, 3.05) is 23.8 Å². The maximum absolute atomic E-state index is 13.0. The van der Waals surface area contributed by atoms with Crippen LogP contribution in [0, 0.1) is 5.82 Å². The maximum Gasteiger partial charge on any atom is 0.418 e. The van der Waals surface area contributed by atoms with E-state index in [-0.39, 0.29) is 11.5 Å². The van der Waals surface area contributed by atoms with E-state index in [2.05, 4.69) is 0 Å². The smallest absolute Gasteiger partial charge is 0.418 e. The molecule has 7 heteroatoms. The molecule has 1 aliphatic rings. The van der Waals surface area contributed by atoms with Crippen LogP contribution in [0.2, 0.25) is 0 Å². The van der Waals surface area contributed by atoms with Gasteiger partial charge in [-0.15, -0.1) is 0 Å². The second-order valence-electron chi connectivity index (χ2n) is 5.30. The molecule has 0 unspecified atom stereocenters. The Balaban J connectivity index is 1.96. The lowest BCUT2D eigenvalue weighted by atomic mass is 10.1. The molecule has 0 amide bonds. The fourth-order valence-corrected chi connectivity index (χ4v) is 2.55. The summed E-state index contributed by atoms with van der Waals surface area (Å²) in [6, 6.07) is 8.06. The predicted octanol–water partition coefficient (Wildman–Crippen LogP) is 3.83. The van der Waals surface area contributed by atoms with E-state index in [1.165, 1.54) is 18.2 Å². The van der Waals surface area contributed by atoms with E-state index in [1.807, 2.05) is 0 Å². The molecule has 0 bridgehead atoms. The van der Waals surface area contributed by atoms with Gasteiger partial charge in [-0.2, -0.15) is 13.2 Å². The summed E-state index contributed by atoms with van der Waals surface area (Å²) in [5, 5.41) is 0. The van der Waals surface area contributed by atoms with Gasteiger partial charge in [0.05, 0.1) is 17.8 Å². The first kappa shape index (κ1) is 15.5. The van der Waals surface area contributed by atoms with Gasteiger partial charge in [0, 0.05) is 18.3 Å². The SMILES string of the molecule is Nc1cc2c(cc1C(F)(F)F)N(Cc1ccc(F)cc1)CCO2. The molecule has 0 saturated heterocycles. The summed E-state index contributed by atoms with van der Waals surface area (Å²) in [4.78, 5) is 1.76. The van der Waals surface area contributed by atoms with Crippen LogP contribution in [-0.2, 0) is 12.7 Å². The van der Waals surface area contributed by atoms with Gasteiger partial charge in [0.2, 0.25) is 0 Å². The van der Waals surface area contributed by atoms with E-state index in [0.29, 0.717) is 31.1 Å². The molecule has 3 nitrogen and oxygen atoms in total. The maximum atomic E-state index is 13.0. The summed E-state index contributed by atoms with van der Waals surface area (Å²) in [6.45, 7) is 1.14. The minimum atomic E-state index is -4.53. The molecule has 23 heavy (non-hydrogen) atoms. The molecule has 1 aliphatic heterocycles. The molecular weight excluding hydrogens is 312 g/mol. The second-order valence-corrected chi connectivity index (χ2v) is 5.30. The van der Waals surface area contributed by atoms with Crippen molar-refractivity contribution in [2.45, 2.75) is 12.7 Å². The van der Waals surface area contributed by atoms with Gasteiger partial charge in [-0.3, -0.25) is 0 Å². The first-order valence-corrected chi connectivity index (χ1v) is 6.97. The van der Waals surface area contributed by atoms with Crippen LogP contribution in [0.1, 0.15) is 11.1 Å². The highest BCUT2D eigenvalue weighted by Gasteiger charge is 2.35. The number of hydrogen-bond donors (Lipinski definition) is 1. The summed E-state index contributed by atoms with van der Waals surface area (Å²) >= 11 is 0. The lowest BCUT2D eigenvalue weighted by Crippen LogP contribution is -2.32. The number of nitrogen functional groups attached to an aromatic ring is 1. The fraction of sp³-hybridized carbons (Fsp3) is 0.250. The third-order valence-corrected chi connectivity index (χ3v) is 3.68. The minimum absolute atomic E-state index is 0.323. The Kier molecular flexibility index (Phi) is 3.79. The van der Waals surface area contributed by atoms with Crippen molar-refractivity contribution in [3.63, 3.8) is 0 Å². The second kappa shape index (κ2) is 5.64. The van der Waals surface area contributed by atoms with E-state index in [1.54, 1.807) is 17.0 Å². The van der Waals surface area contributed by atoms with Crippen LogP contribution in [0.5, 0.6) is 5.75 Å². The number of rotatable bonds is 2. The van der Waals surface area contributed by atoms with E-state index in [4.69, 9.17) is 10.5 Å². The normalized spacial score (nSPS) is 14.3. The van der Waals surface area contributed by atoms with Crippen LogP contribution in [0.3, 0.4) is 0 Å². The van der Waals surface area contributed by atoms with Crippen LogP contribution in [0.4, 0.5) is 28.9 Å². The molecular formula is C16H14F4N2O. The Morgan fingerprint density at radius 1 is 1.13 bits per heavy atom. The molecule has 122 valence electrons. The van der Waals surface area contributed by atoms with E-state index < -0.39 is 11.7 Å². The Morgan fingerprint density at radius 2 is 1.83 bits per heavy atom. The molecule has 0 radical (unpaired) electrons. The summed E-state index contributed by atoms with van der Waals surface area (Å²) in [7, 11) is 0. The lowest BCUT2D eigenvalue weighted by molar-refractivity contribution is -0.136. The molecule has 3 rings (SSSR count). The molecule has 1 heterocycles. The van der Waals surface area contributed by atoms with Crippen molar-refractivity contribution in [3.05, 3.63) is 53.3 Å². The van der Waals surface area contributed by atoms with Crippen molar-refractivity contribution >= 4 is 11.4 Å². The van der Waals surface area contributed by atoms with E-state index in [0.717, 1.165) is 11.6 Å². The number of fused-ring (bicyclic) bond motifs is 1. The number of nitrogens with two attached hydrogens (primary N) is 1. The Morgan fingerprint density at radius 3 is 2.48 bits per heavy atom. The zero-order valence-corrected chi connectivity index (χ0v) is 12.0. The van der Waals surface area contributed by atoms with Crippen LogP contribution in [0.15, 0.2) is 36.4 Å². The van der Waals surface area contributed by atoms with Crippen LogP contribution < -0.4 is 15.4 Å². The quantitative estimate of drug-likeness (QED) is 0.673. The highest BCUT2D eigenvalue weighted by molar-refractivity contribution is 5.69. The highest BCUT2D eigenvalue weighted by Crippen LogP contribution is 2.42. The summed E-state index contributed by atoms with van der Waals surface area (Å²) in [6.07, 6.45) is -4.53. The van der Waals surface area contributed by atoms with Crippen molar-refractivity contribution in [2.24, 2.45) is 0 Å². The Bertz CT molecular complexity index is 713. The van der Waals surface area contributed by atoms with Crippen LogP contribution in [0.25, 0.3) is 0 Å². The minimum Gasteiger partial charge on any atom is -0.489 e. The third-order valence-electron chi connectivity index (χ3n) is 3.68. The first-order chi connectivity index (χ1) is 10.8. The molecule has 0 aromatic heterocycles. The zero-order chi connectivity index (χ0) is 16.6. The molecule has 0 saturated carbocycles. The van der Waals surface area contributed by atoms with Crippen molar-refractivity contribution in [3.8, 4) is 5.75 Å². The molecule has 0 spiro atoms. The Hall–Kier alpha value is -2.44. The van der Waals surface area contributed by atoms with Gasteiger partial charge in [-0.05, 0) is 23.8 Å². The number of anilines is 2. The lowest BCUT2D eigenvalue weighted by Gasteiger charge is -2.32. The van der Waals surface area contributed by atoms with Gasteiger partial charge in [-0.1, -0.05) is 12.1 Å². The van der Waals surface area contributed by atoms with E-state index >= 15 is 0 Å². The van der Waals surface area contributed by atoms with Crippen molar-refractivity contribution in [1.82, 2.24) is 0 Å². The number of halogens is 4. The summed E-state index contributed by atoms with van der Waals surface area (Å²) < 4.78 is 57.5.